The third kappa shape index (κ3) is 3.64. The molecule has 0 spiro atoms. The zero-order valence-corrected chi connectivity index (χ0v) is 10.9. The van der Waals surface area contributed by atoms with Crippen LogP contribution in [0, 0.1) is 18.2 Å². The van der Waals surface area contributed by atoms with Crippen LogP contribution < -0.4 is 10.5 Å². The second kappa shape index (κ2) is 5.96. The van der Waals surface area contributed by atoms with E-state index >= 15 is 0 Å². The van der Waals surface area contributed by atoms with Crippen LogP contribution in [0.3, 0.4) is 0 Å². The maximum atomic E-state index is 13.8. The van der Waals surface area contributed by atoms with Crippen molar-refractivity contribution in [2.75, 3.05) is 0 Å². The minimum atomic E-state index is -1.28. The molecule has 0 radical (unpaired) electrons. The van der Waals surface area contributed by atoms with Crippen molar-refractivity contribution >= 4 is 17.6 Å². The van der Waals surface area contributed by atoms with Crippen LogP contribution in [0.15, 0.2) is 24.0 Å². The van der Waals surface area contributed by atoms with Gasteiger partial charge < -0.3 is 21.0 Å². The molecular weight excluding hydrogens is 267 g/mol. The predicted molar refractivity (Wildman–Crippen MR) is 69.4 cm³/mol. The van der Waals surface area contributed by atoms with E-state index in [-0.39, 0.29) is 22.6 Å². The SMILES string of the molecule is CC(=N)/C=C(/Oc1c(C)cc(C(=O)O)cc1F)C(N)=O. The molecule has 7 heteroatoms. The highest BCUT2D eigenvalue weighted by molar-refractivity contribution is 6.00. The highest BCUT2D eigenvalue weighted by Crippen LogP contribution is 2.26. The normalized spacial score (nSPS) is 11.1. The molecule has 0 aliphatic heterocycles. The lowest BCUT2D eigenvalue weighted by molar-refractivity contribution is -0.116. The monoisotopic (exact) mass is 280 g/mol. The molecule has 0 heterocycles. The lowest BCUT2D eigenvalue weighted by atomic mass is 10.1. The van der Waals surface area contributed by atoms with Crippen LogP contribution in [-0.2, 0) is 4.79 Å². The number of hydrogen-bond donors (Lipinski definition) is 3. The lowest BCUT2D eigenvalue weighted by Gasteiger charge is -2.11. The van der Waals surface area contributed by atoms with E-state index in [9.17, 15) is 14.0 Å². The van der Waals surface area contributed by atoms with Crippen molar-refractivity contribution in [3.8, 4) is 5.75 Å². The van der Waals surface area contributed by atoms with Crippen molar-refractivity contribution in [3.63, 3.8) is 0 Å². The lowest BCUT2D eigenvalue weighted by Crippen LogP contribution is -2.20. The van der Waals surface area contributed by atoms with Gasteiger partial charge in [0, 0.05) is 11.8 Å². The molecule has 0 bridgehead atoms. The number of hydrogen-bond acceptors (Lipinski definition) is 4. The van der Waals surface area contributed by atoms with Gasteiger partial charge in [0.2, 0.25) is 0 Å². The van der Waals surface area contributed by atoms with Gasteiger partial charge in [0.05, 0.1) is 5.56 Å². The number of carboxylic acid groups (broad SMARTS) is 1. The van der Waals surface area contributed by atoms with E-state index in [1.165, 1.54) is 19.9 Å². The van der Waals surface area contributed by atoms with Crippen LogP contribution >= 0.6 is 0 Å². The molecule has 6 nitrogen and oxygen atoms in total. The van der Waals surface area contributed by atoms with Gasteiger partial charge in [-0.3, -0.25) is 4.79 Å². The Bertz CT molecular complexity index is 600. The third-order valence-electron chi connectivity index (χ3n) is 2.28. The van der Waals surface area contributed by atoms with Crippen LogP contribution in [-0.4, -0.2) is 22.7 Å². The van der Waals surface area contributed by atoms with Gasteiger partial charge in [-0.05, 0) is 31.5 Å². The first kappa shape index (κ1) is 15.4. The quantitative estimate of drug-likeness (QED) is 0.432. The number of allylic oxidation sites excluding steroid dienone is 1. The van der Waals surface area contributed by atoms with Gasteiger partial charge in [-0.1, -0.05) is 0 Å². The van der Waals surface area contributed by atoms with E-state index in [1.807, 2.05) is 0 Å². The molecular formula is C13H13FN2O4. The predicted octanol–water partition coefficient (Wildman–Crippen LogP) is 1.62. The van der Waals surface area contributed by atoms with Crippen LogP contribution in [0.2, 0.25) is 0 Å². The molecule has 0 atom stereocenters. The van der Waals surface area contributed by atoms with Crippen molar-refractivity contribution in [2.24, 2.45) is 5.73 Å². The topological polar surface area (TPSA) is 113 Å². The zero-order chi connectivity index (χ0) is 15.4. The van der Waals surface area contributed by atoms with E-state index in [0.29, 0.717) is 0 Å². The van der Waals surface area contributed by atoms with Gasteiger partial charge in [-0.2, -0.15) is 0 Å². The second-order valence-electron chi connectivity index (χ2n) is 4.07. The first-order valence-corrected chi connectivity index (χ1v) is 5.50. The molecule has 106 valence electrons. The standard InChI is InChI=1S/C13H13FN2O4/c1-6-3-8(13(18)19)5-9(14)11(6)20-10(12(16)17)4-7(2)15/h3-5,15H,1-2H3,(H2,16,17)(H,18,19)/b10-4+,15-7?. The highest BCUT2D eigenvalue weighted by Gasteiger charge is 2.17. The zero-order valence-electron chi connectivity index (χ0n) is 10.9. The van der Waals surface area contributed by atoms with Crippen molar-refractivity contribution in [3.05, 3.63) is 40.9 Å². The first-order chi connectivity index (χ1) is 9.22. The average molecular weight is 280 g/mol. The summed E-state index contributed by atoms with van der Waals surface area (Å²) in [6.07, 6.45) is 1.05. The molecule has 0 aromatic heterocycles. The number of nitrogens with two attached hydrogens (primary N) is 1. The van der Waals surface area contributed by atoms with Gasteiger partial charge in [0.25, 0.3) is 5.91 Å². The molecule has 1 aromatic rings. The molecule has 0 unspecified atom stereocenters. The Morgan fingerprint density at radius 3 is 2.45 bits per heavy atom. The number of benzene rings is 1. The van der Waals surface area contributed by atoms with E-state index < -0.39 is 23.5 Å². The Morgan fingerprint density at radius 1 is 1.45 bits per heavy atom. The van der Waals surface area contributed by atoms with Gasteiger partial charge >= 0.3 is 5.97 Å². The van der Waals surface area contributed by atoms with Crippen LogP contribution in [0.1, 0.15) is 22.8 Å². The minimum Gasteiger partial charge on any atom is -0.478 e. The summed E-state index contributed by atoms with van der Waals surface area (Å²) >= 11 is 0. The Labute approximate surface area is 114 Å². The second-order valence-corrected chi connectivity index (χ2v) is 4.07. The van der Waals surface area contributed by atoms with Crippen LogP contribution in [0.5, 0.6) is 5.75 Å². The van der Waals surface area contributed by atoms with E-state index in [2.05, 4.69) is 0 Å². The molecule has 4 N–H and O–H groups in total. The summed E-state index contributed by atoms with van der Waals surface area (Å²) in [5, 5.41) is 16.0. The number of aryl methyl sites for hydroxylation is 1. The van der Waals surface area contributed by atoms with Crippen LogP contribution in [0.4, 0.5) is 4.39 Å². The number of carbonyl (C=O) groups is 2. The molecule has 0 aliphatic carbocycles. The van der Waals surface area contributed by atoms with Gasteiger partial charge in [0.1, 0.15) is 0 Å². The fourth-order valence-corrected chi connectivity index (χ4v) is 1.44. The van der Waals surface area contributed by atoms with Crippen LogP contribution in [0.25, 0.3) is 0 Å². The van der Waals surface area contributed by atoms with Crippen molar-refractivity contribution < 1.29 is 23.8 Å². The number of carboxylic acids is 1. The third-order valence-corrected chi connectivity index (χ3v) is 2.28. The Balaban J connectivity index is 3.24. The first-order valence-electron chi connectivity index (χ1n) is 5.50. The fraction of sp³-hybridized carbons (Fsp3) is 0.154. The molecule has 1 aromatic carbocycles. The van der Waals surface area contributed by atoms with Crippen molar-refractivity contribution in [2.45, 2.75) is 13.8 Å². The summed E-state index contributed by atoms with van der Waals surface area (Å²) in [5.41, 5.74) is 5.02. The maximum absolute atomic E-state index is 13.8. The Hall–Kier alpha value is -2.70. The van der Waals surface area contributed by atoms with Crippen molar-refractivity contribution in [1.29, 1.82) is 5.41 Å². The van der Waals surface area contributed by atoms with Crippen molar-refractivity contribution in [1.82, 2.24) is 0 Å². The van der Waals surface area contributed by atoms with Gasteiger partial charge in [-0.25, -0.2) is 9.18 Å². The van der Waals surface area contributed by atoms with E-state index in [0.717, 1.165) is 12.1 Å². The summed E-state index contributed by atoms with van der Waals surface area (Å²) < 4.78 is 18.9. The molecule has 1 amide bonds. The average Bonchev–Trinajstić information content (AvgIpc) is 2.30. The summed E-state index contributed by atoms with van der Waals surface area (Å²) in [5.74, 6) is -3.88. The number of primary amides is 1. The summed E-state index contributed by atoms with van der Waals surface area (Å²) in [4.78, 5) is 21.9. The Kier molecular flexibility index (Phi) is 4.58. The summed E-state index contributed by atoms with van der Waals surface area (Å²) in [6.45, 7) is 2.82. The van der Waals surface area contributed by atoms with E-state index in [1.54, 1.807) is 0 Å². The minimum absolute atomic E-state index is 0.000910. The number of halogens is 1. The molecule has 0 aliphatic rings. The smallest absolute Gasteiger partial charge is 0.335 e. The molecule has 0 saturated carbocycles. The summed E-state index contributed by atoms with van der Waals surface area (Å²) in [6, 6.07) is 1.98. The fourth-order valence-electron chi connectivity index (χ4n) is 1.44. The largest absolute Gasteiger partial charge is 0.478 e. The number of rotatable bonds is 5. The van der Waals surface area contributed by atoms with Gasteiger partial charge in [-0.15, -0.1) is 0 Å². The molecule has 1 rings (SSSR count). The van der Waals surface area contributed by atoms with Gasteiger partial charge in [0.15, 0.2) is 17.3 Å². The highest BCUT2D eigenvalue weighted by atomic mass is 19.1. The van der Waals surface area contributed by atoms with E-state index in [4.69, 9.17) is 21.0 Å². The number of aromatic carboxylic acids is 1. The molecule has 20 heavy (non-hydrogen) atoms. The molecule has 0 saturated heterocycles. The molecule has 0 fully saturated rings. The maximum Gasteiger partial charge on any atom is 0.335 e. The number of nitrogens with one attached hydrogen (secondary N) is 1. The summed E-state index contributed by atoms with van der Waals surface area (Å²) in [7, 11) is 0. The Morgan fingerprint density at radius 2 is 2.05 bits per heavy atom. The number of ether oxygens (including phenoxy) is 1. The number of amides is 1. The number of carbonyl (C=O) groups excluding carboxylic acids is 1.